The zero-order chi connectivity index (χ0) is 12.0. The predicted molar refractivity (Wildman–Crippen MR) is 75.4 cm³/mol. The fraction of sp³-hybridized carbons (Fsp3) is 0.200. The van der Waals surface area contributed by atoms with Crippen LogP contribution in [0.4, 0.5) is 11.4 Å². The van der Waals surface area contributed by atoms with Gasteiger partial charge in [-0.25, -0.2) is 0 Å². The van der Waals surface area contributed by atoms with Crippen LogP contribution in [0.2, 0.25) is 0 Å². The van der Waals surface area contributed by atoms with Crippen LogP contribution < -0.4 is 12.1 Å². The zero-order valence-corrected chi connectivity index (χ0v) is 12.6. The number of aryl methyl sites for hydroxylation is 2. The minimum atomic E-state index is -0.224. The van der Waals surface area contributed by atoms with E-state index in [1.54, 1.807) is 7.22 Å². The average molecular weight is 337 g/mol. The van der Waals surface area contributed by atoms with Crippen molar-refractivity contribution in [3.8, 4) is 0 Å². The Morgan fingerprint density at radius 2 is 1.29 bits per heavy atom. The number of hydrogen-bond donors (Lipinski definition) is 0. The van der Waals surface area contributed by atoms with E-state index in [4.69, 9.17) is 0 Å². The van der Waals surface area contributed by atoms with Crippen LogP contribution >= 0.6 is 0 Å². The summed E-state index contributed by atoms with van der Waals surface area (Å²) < 4.78 is 3.13. The van der Waals surface area contributed by atoms with Gasteiger partial charge in [-0.15, -0.1) is 0 Å². The van der Waals surface area contributed by atoms with Gasteiger partial charge in [0, 0.05) is 0 Å². The van der Waals surface area contributed by atoms with Crippen LogP contribution in [-0.4, -0.2) is 28.0 Å². The summed E-state index contributed by atoms with van der Waals surface area (Å²) >= 11 is -0.224. The molecule has 0 saturated carbocycles. The van der Waals surface area contributed by atoms with Crippen molar-refractivity contribution in [1.82, 2.24) is 0 Å². The Labute approximate surface area is 113 Å². The zero-order valence-electron chi connectivity index (χ0n) is 10.3. The van der Waals surface area contributed by atoms with Crippen molar-refractivity contribution in [2.75, 3.05) is 11.9 Å². The SMILES string of the molecule is Cc1ccc2c(c1)[Te]c1cc(C)ccc1N2C. The molecule has 0 aromatic heterocycles. The maximum absolute atomic E-state index is 2.36. The molecule has 2 heteroatoms. The van der Waals surface area contributed by atoms with Crippen LogP contribution in [0.25, 0.3) is 0 Å². The van der Waals surface area contributed by atoms with Crippen molar-refractivity contribution < 1.29 is 0 Å². The first-order chi connectivity index (χ1) is 8.15. The molecule has 0 spiro atoms. The third kappa shape index (κ3) is 1.86. The molecule has 0 fully saturated rings. The molecule has 1 aliphatic rings. The number of benzene rings is 2. The van der Waals surface area contributed by atoms with E-state index in [0.717, 1.165) is 0 Å². The first-order valence-corrected chi connectivity index (χ1v) is 8.11. The Morgan fingerprint density at radius 1 is 0.824 bits per heavy atom. The molecule has 2 aromatic carbocycles. The molecule has 86 valence electrons. The van der Waals surface area contributed by atoms with E-state index in [1.807, 2.05) is 0 Å². The van der Waals surface area contributed by atoms with Crippen molar-refractivity contribution in [1.29, 1.82) is 0 Å². The van der Waals surface area contributed by atoms with Gasteiger partial charge in [-0.2, -0.15) is 0 Å². The number of hydrogen-bond acceptors (Lipinski definition) is 1. The molecule has 0 bridgehead atoms. The first kappa shape index (κ1) is 11.1. The molecule has 1 nitrogen and oxygen atoms in total. The molecule has 0 atom stereocenters. The van der Waals surface area contributed by atoms with Crippen LogP contribution in [0.1, 0.15) is 11.1 Å². The monoisotopic (exact) mass is 339 g/mol. The van der Waals surface area contributed by atoms with Crippen molar-refractivity contribution in [3.63, 3.8) is 0 Å². The molecule has 1 heterocycles. The second kappa shape index (κ2) is 4.05. The Kier molecular flexibility index (Phi) is 2.65. The van der Waals surface area contributed by atoms with Gasteiger partial charge in [0.25, 0.3) is 0 Å². The van der Waals surface area contributed by atoms with E-state index in [1.165, 1.54) is 22.5 Å². The molecular weight excluding hydrogens is 322 g/mol. The molecule has 2 aromatic rings. The maximum atomic E-state index is 2.36. The van der Waals surface area contributed by atoms with Gasteiger partial charge in [0.2, 0.25) is 0 Å². The summed E-state index contributed by atoms with van der Waals surface area (Å²) in [5, 5.41) is 0. The molecule has 3 rings (SSSR count). The summed E-state index contributed by atoms with van der Waals surface area (Å²) in [7, 11) is 2.18. The molecular formula is C15H15NTe. The van der Waals surface area contributed by atoms with Crippen molar-refractivity contribution in [3.05, 3.63) is 47.5 Å². The van der Waals surface area contributed by atoms with Crippen molar-refractivity contribution in [2.24, 2.45) is 0 Å². The first-order valence-electron chi connectivity index (χ1n) is 5.78. The van der Waals surface area contributed by atoms with Crippen molar-refractivity contribution >= 4 is 39.5 Å². The van der Waals surface area contributed by atoms with Crippen LogP contribution in [0.15, 0.2) is 36.4 Å². The predicted octanol–water partition coefficient (Wildman–Crippen LogP) is 2.04. The Morgan fingerprint density at radius 3 is 1.76 bits per heavy atom. The normalized spacial score (nSPS) is 13.2. The molecule has 1 aliphatic heterocycles. The van der Waals surface area contributed by atoms with Gasteiger partial charge in [0.15, 0.2) is 0 Å². The molecule has 0 saturated heterocycles. The number of nitrogens with zero attached hydrogens (tertiary/aromatic N) is 1. The van der Waals surface area contributed by atoms with E-state index in [-0.39, 0.29) is 20.9 Å². The number of rotatable bonds is 0. The molecule has 0 N–H and O–H groups in total. The van der Waals surface area contributed by atoms with Gasteiger partial charge in [-0.1, -0.05) is 0 Å². The van der Waals surface area contributed by atoms with Crippen LogP contribution in [-0.2, 0) is 0 Å². The van der Waals surface area contributed by atoms with Gasteiger partial charge >= 0.3 is 113 Å². The third-order valence-electron chi connectivity index (χ3n) is 3.17. The topological polar surface area (TPSA) is 3.24 Å². The summed E-state index contributed by atoms with van der Waals surface area (Å²) in [6.07, 6.45) is 0. The van der Waals surface area contributed by atoms with Gasteiger partial charge in [-0.3, -0.25) is 0 Å². The van der Waals surface area contributed by atoms with Gasteiger partial charge < -0.3 is 0 Å². The summed E-state index contributed by atoms with van der Waals surface area (Å²) in [6.45, 7) is 4.36. The van der Waals surface area contributed by atoms with E-state index in [0.29, 0.717) is 0 Å². The van der Waals surface area contributed by atoms with Gasteiger partial charge in [0.1, 0.15) is 0 Å². The Bertz CT molecular complexity index is 538. The fourth-order valence-corrected chi connectivity index (χ4v) is 6.05. The number of fused-ring (bicyclic) bond motifs is 2. The Balaban J connectivity index is 2.17. The Hall–Kier alpha value is -0.970. The molecule has 0 aliphatic carbocycles. The minimum absolute atomic E-state index is 0.224. The standard InChI is InChI=1S/C15H15NTe/c1-10-4-6-12-14(8-10)17-15-9-11(2)5-7-13(15)16(12)3/h4-9H,1-3H3. The molecule has 0 radical (unpaired) electrons. The second-order valence-electron chi connectivity index (χ2n) is 4.60. The van der Waals surface area contributed by atoms with E-state index in [2.05, 4.69) is 62.2 Å². The summed E-state index contributed by atoms with van der Waals surface area (Å²) in [4.78, 5) is 2.33. The van der Waals surface area contributed by atoms with Crippen LogP contribution in [0.3, 0.4) is 0 Å². The fourth-order valence-electron chi connectivity index (χ4n) is 2.21. The van der Waals surface area contributed by atoms with E-state index in [9.17, 15) is 0 Å². The van der Waals surface area contributed by atoms with Crippen LogP contribution in [0, 0.1) is 13.8 Å². The van der Waals surface area contributed by atoms with Gasteiger partial charge in [0.05, 0.1) is 0 Å². The third-order valence-corrected chi connectivity index (χ3v) is 6.30. The van der Waals surface area contributed by atoms with Crippen molar-refractivity contribution in [2.45, 2.75) is 13.8 Å². The van der Waals surface area contributed by atoms with Crippen LogP contribution in [0.5, 0.6) is 0 Å². The van der Waals surface area contributed by atoms with E-state index >= 15 is 0 Å². The molecule has 0 unspecified atom stereocenters. The summed E-state index contributed by atoms with van der Waals surface area (Å²) in [5.41, 5.74) is 5.54. The molecule has 0 amide bonds. The number of anilines is 2. The summed E-state index contributed by atoms with van der Waals surface area (Å²) in [5.74, 6) is 0. The molecule has 17 heavy (non-hydrogen) atoms. The second-order valence-corrected chi connectivity index (χ2v) is 7.70. The van der Waals surface area contributed by atoms with E-state index < -0.39 is 0 Å². The quantitative estimate of drug-likeness (QED) is 0.666. The van der Waals surface area contributed by atoms with Gasteiger partial charge in [-0.05, 0) is 0 Å². The summed E-state index contributed by atoms with van der Waals surface area (Å²) in [6, 6.07) is 13.7. The average Bonchev–Trinajstić information content (AvgIpc) is 2.28.